The Morgan fingerprint density at radius 2 is 1.64 bits per heavy atom. The molecule has 252 valence electrons. The van der Waals surface area contributed by atoms with Crippen LogP contribution in [0.1, 0.15) is 75.3 Å². The Morgan fingerprint density at radius 3 is 2.32 bits per heavy atom. The molecule has 3 atom stereocenters. The zero-order chi connectivity index (χ0) is 34.0. The number of fused-ring (bicyclic) bond motifs is 1. The molecule has 1 heterocycles. The number of amides is 4. The van der Waals surface area contributed by atoms with Crippen LogP contribution in [0, 0.1) is 0 Å². The van der Waals surface area contributed by atoms with Crippen molar-refractivity contribution < 1.29 is 29.0 Å². The van der Waals surface area contributed by atoms with E-state index in [1.165, 1.54) is 6.07 Å². The number of para-hydroxylation sites is 1. The van der Waals surface area contributed by atoms with E-state index >= 15 is 0 Å². The second-order valence-electron chi connectivity index (χ2n) is 13.0. The summed E-state index contributed by atoms with van der Waals surface area (Å²) in [6.07, 6.45) is 2.69. The number of primary amides is 1. The Balaban J connectivity index is 1.54. The van der Waals surface area contributed by atoms with E-state index in [4.69, 9.17) is 10.5 Å². The zero-order valence-corrected chi connectivity index (χ0v) is 27.3. The van der Waals surface area contributed by atoms with Crippen LogP contribution < -0.4 is 21.8 Å². The van der Waals surface area contributed by atoms with Gasteiger partial charge in [-0.15, -0.1) is 0 Å². The largest absolute Gasteiger partial charge is 0.443 e. The van der Waals surface area contributed by atoms with Crippen LogP contribution in [0.25, 0.3) is 10.9 Å². The van der Waals surface area contributed by atoms with Crippen LogP contribution in [0.5, 0.6) is 0 Å². The predicted octanol–water partition coefficient (Wildman–Crippen LogP) is 3.37. The number of hydrazine groups is 1. The number of aliphatic hydroxyl groups is 1. The number of ether oxygens (including phenoxy) is 1. The lowest BCUT2D eigenvalue weighted by atomic mass is 9.94. The van der Waals surface area contributed by atoms with Crippen LogP contribution in [0.15, 0.2) is 66.7 Å². The summed E-state index contributed by atoms with van der Waals surface area (Å²) in [6.45, 7) is 5.31. The average molecular weight is 647 g/mol. The highest BCUT2D eigenvalue weighted by Crippen LogP contribution is 2.23. The fourth-order valence-electron chi connectivity index (χ4n) is 5.70. The smallest absolute Gasteiger partial charge is 0.422 e. The zero-order valence-electron chi connectivity index (χ0n) is 27.3. The molecule has 4 amide bonds. The number of rotatable bonds is 13. The maximum Gasteiger partial charge on any atom is 0.422 e. The van der Waals surface area contributed by atoms with Crippen molar-refractivity contribution in [2.45, 2.75) is 95.5 Å². The topological polar surface area (TPSA) is 176 Å². The van der Waals surface area contributed by atoms with Gasteiger partial charge >= 0.3 is 6.09 Å². The molecule has 4 rings (SSSR count). The second kappa shape index (κ2) is 16.3. The van der Waals surface area contributed by atoms with Gasteiger partial charge in [-0.05, 0) is 57.7 Å². The van der Waals surface area contributed by atoms with Crippen molar-refractivity contribution in [2.24, 2.45) is 5.73 Å². The highest BCUT2D eigenvalue weighted by atomic mass is 16.6. The van der Waals surface area contributed by atoms with Gasteiger partial charge in [0.2, 0.25) is 11.8 Å². The summed E-state index contributed by atoms with van der Waals surface area (Å²) < 4.78 is 5.49. The van der Waals surface area contributed by atoms with E-state index in [9.17, 15) is 24.3 Å². The summed E-state index contributed by atoms with van der Waals surface area (Å²) in [5.74, 6) is -2.13. The van der Waals surface area contributed by atoms with Crippen LogP contribution in [-0.4, -0.2) is 75.3 Å². The molecule has 2 aromatic carbocycles. The molecule has 1 saturated carbocycles. The van der Waals surface area contributed by atoms with Gasteiger partial charge in [-0.1, -0.05) is 73.9 Å². The summed E-state index contributed by atoms with van der Waals surface area (Å²) in [4.78, 5) is 56.1. The molecular formula is C35H46N6O6. The first-order valence-electron chi connectivity index (χ1n) is 16.1. The molecule has 6 N–H and O–H groups in total. The number of benzene rings is 2. The Hall–Kier alpha value is -4.55. The van der Waals surface area contributed by atoms with Crippen LogP contribution in [0.4, 0.5) is 4.79 Å². The molecule has 47 heavy (non-hydrogen) atoms. The average Bonchev–Trinajstić information content (AvgIpc) is 3.03. The molecule has 1 aromatic heterocycles. The molecular weight excluding hydrogens is 600 g/mol. The minimum atomic E-state index is -1.33. The van der Waals surface area contributed by atoms with Gasteiger partial charge in [-0.25, -0.2) is 14.8 Å². The van der Waals surface area contributed by atoms with E-state index in [0.717, 1.165) is 43.1 Å². The highest BCUT2D eigenvalue weighted by molar-refractivity contribution is 5.99. The molecule has 1 fully saturated rings. The van der Waals surface area contributed by atoms with Crippen LogP contribution in [0.2, 0.25) is 0 Å². The lowest BCUT2D eigenvalue weighted by molar-refractivity contribution is -0.128. The fraction of sp³-hybridized carbons (Fsp3) is 0.457. The van der Waals surface area contributed by atoms with Crippen molar-refractivity contribution in [2.75, 3.05) is 6.54 Å². The van der Waals surface area contributed by atoms with Gasteiger partial charge in [0.05, 0.1) is 24.1 Å². The van der Waals surface area contributed by atoms with Crippen molar-refractivity contribution >= 4 is 34.7 Å². The predicted molar refractivity (Wildman–Crippen MR) is 178 cm³/mol. The molecule has 12 nitrogen and oxygen atoms in total. The Labute approximate surface area is 275 Å². The normalized spacial score (nSPS) is 15.8. The van der Waals surface area contributed by atoms with Gasteiger partial charge in [0.15, 0.2) is 0 Å². The molecule has 0 unspecified atom stereocenters. The molecule has 1 aliphatic rings. The monoisotopic (exact) mass is 646 g/mol. The van der Waals surface area contributed by atoms with Crippen molar-refractivity contribution in [1.82, 2.24) is 26.1 Å². The maximum absolute atomic E-state index is 13.7. The first kappa shape index (κ1) is 35.3. The van der Waals surface area contributed by atoms with Gasteiger partial charge < -0.3 is 26.2 Å². The number of pyridine rings is 1. The number of hydrogen-bond acceptors (Lipinski definition) is 8. The number of carbonyl (C=O) groups is 4. The molecule has 1 aliphatic carbocycles. The SMILES string of the molecule is CC(C)(C)OC(=O)NN(C[C@H](O)[C@H](Cc1ccccc1)NC(=O)[C@H](CC(N)=O)NC(=O)c1ccc2ccccc2n1)C1CCCCC1. The number of aromatic nitrogens is 1. The first-order valence-corrected chi connectivity index (χ1v) is 16.1. The van der Waals surface area contributed by atoms with Crippen LogP contribution in [0.3, 0.4) is 0 Å². The third-order valence-corrected chi connectivity index (χ3v) is 7.98. The number of nitrogens with one attached hydrogen (secondary N) is 3. The molecule has 0 radical (unpaired) electrons. The Morgan fingerprint density at radius 1 is 0.957 bits per heavy atom. The highest BCUT2D eigenvalue weighted by Gasteiger charge is 2.33. The quantitative estimate of drug-likeness (QED) is 0.176. The molecule has 3 aromatic rings. The lowest BCUT2D eigenvalue weighted by Crippen LogP contribution is -2.59. The number of hydrogen-bond donors (Lipinski definition) is 5. The van der Waals surface area contributed by atoms with E-state index in [2.05, 4.69) is 21.0 Å². The Bertz CT molecular complexity index is 1520. The molecule has 0 saturated heterocycles. The molecule has 12 heteroatoms. The van der Waals surface area contributed by atoms with E-state index in [-0.39, 0.29) is 24.7 Å². The van der Waals surface area contributed by atoms with Gasteiger partial charge in [-0.3, -0.25) is 19.8 Å². The standard InChI is InChI=1S/C35H46N6O6/c1-35(2,3)47-34(46)40-41(25-15-8-5-9-16-25)22-30(42)28(20-23-12-6-4-7-13-23)38-33(45)29(21-31(36)43)39-32(44)27-19-18-24-14-10-11-17-26(24)37-27/h4,6-7,10-14,17-19,25,28-30,42H,5,8-9,15-16,20-22H2,1-3H3,(H2,36,43)(H,38,45)(H,39,44)(H,40,46)/t28-,29-,30-/m0/s1. The fourth-order valence-corrected chi connectivity index (χ4v) is 5.70. The number of nitrogens with zero attached hydrogens (tertiary/aromatic N) is 2. The second-order valence-corrected chi connectivity index (χ2v) is 13.0. The van der Waals surface area contributed by atoms with E-state index in [0.29, 0.717) is 5.52 Å². The van der Waals surface area contributed by atoms with E-state index in [1.807, 2.05) is 42.5 Å². The summed E-state index contributed by atoms with van der Waals surface area (Å²) in [5.41, 5.74) is 9.11. The van der Waals surface area contributed by atoms with E-state index < -0.39 is 54.0 Å². The summed E-state index contributed by atoms with van der Waals surface area (Å²) in [5, 5.41) is 19.7. The number of carbonyl (C=O) groups excluding carboxylic acids is 4. The van der Waals surface area contributed by atoms with Crippen molar-refractivity contribution in [1.29, 1.82) is 0 Å². The van der Waals surface area contributed by atoms with Gasteiger partial charge in [0.25, 0.3) is 5.91 Å². The first-order chi connectivity index (χ1) is 22.4. The minimum Gasteiger partial charge on any atom is -0.443 e. The maximum atomic E-state index is 13.7. The Kier molecular flexibility index (Phi) is 12.3. The summed E-state index contributed by atoms with van der Waals surface area (Å²) in [6, 6.07) is 17.7. The van der Waals surface area contributed by atoms with Crippen LogP contribution in [-0.2, 0) is 20.7 Å². The van der Waals surface area contributed by atoms with Crippen LogP contribution >= 0.6 is 0 Å². The van der Waals surface area contributed by atoms with Crippen molar-refractivity contribution in [3.8, 4) is 0 Å². The summed E-state index contributed by atoms with van der Waals surface area (Å²) >= 11 is 0. The number of aliphatic hydroxyl groups excluding tert-OH is 1. The lowest BCUT2D eigenvalue weighted by Gasteiger charge is -2.37. The third kappa shape index (κ3) is 11.0. The van der Waals surface area contributed by atoms with Gasteiger partial charge in [-0.2, -0.15) is 0 Å². The van der Waals surface area contributed by atoms with Gasteiger partial charge in [0, 0.05) is 18.0 Å². The van der Waals surface area contributed by atoms with E-state index in [1.54, 1.807) is 44.0 Å². The summed E-state index contributed by atoms with van der Waals surface area (Å²) in [7, 11) is 0. The van der Waals surface area contributed by atoms with Crippen molar-refractivity contribution in [3.63, 3.8) is 0 Å². The van der Waals surface area contributed by atoms with Crippen molar-refractivity contribution in [3.05, 3.63) is 78.0 Å². The van der Waals surface area contributed by atoms with Gasteiger partial charge in [0.1, 0.15) is 17.3 Å². The molecule has 0 bridgehead atoms. The number of nitrogens with two attached hydrogens (primary N) is 1. The molecule has 0 spiro atoms. The molecule has 0 aliphatic heterocycles. The third-order valence-electron chi connectivity index (χ3n) is 7.98. The minimum absolute atomic E-state index is 0.00442.